The Labute approximate surface area is 239 Å². The summed E-state index contributed by atoms with van der Waals surface area (Å²) >= 11 is 0. The lowest BCUT2D eigenvalue weighted by atomic mass is 9.47. The van der Waals surface area contributed by atoms with Crippen LogP contribution in [-0.4, -0.2) is 72.1 Å². The molecule has 2 aliphatic carbocycles. The van der Waals surface area contributed by atoms with Gasteiger partial charge in [0.15, 0.2) is 6.10 Å². The third kappa shape index (κ3) is 5.20. The van der Waals surface area contributed by atoms with Gasteiger partial charge in [-0.3, -0.25) is 19.2 Å². The van der Waals surface area contributed by atoms with Gasteiger partial charge in [0.1, 0.15) is 35.9 Å². The van der Waals surface area contributed by atoms with Crippen LogP contribution in [0.25, 0.3) is 0 Å². The highest BCUT2D eigenvalue weighted by Gasteiger charge is 2.82. The smallest absolute Gasteiger partial charge is 0.338 e. The quantitative estimate of drug-likeness (QED) is 0.350. The third-order valence-corrected chi connectivity index (χ3v) is 8.72. The van der Waals surface area contributed by atoms with Crippen molar-refractivity contribution in [3.8, 4) is 0 Å². The molecule has 2 saturated carbocycles. The Morgan fingerprint density at radius 2 is 1.39 bits per heavy atom. The van der Waals surface area contributed by atoms with Crippen LogP contribution in [0.2, 0.25) is 0 Å². The molecule has 0 amide bonds. The zero-order chi connectivity index (χ0) is 30.3. The number of hydrogen-bond donors (Lipinski definition) is 0. The normalized spacial score (nSPS) is 34.9. The Morgan fingerprint density at radius 3 is 1.95 bits per heavy atom. The van der Waals surface area contributed by atoms with E-state index < -0.39 is 89.3 Å². The highest BCUT2D eigenvalue weighted by Crippen LogP contribution is 2.68. The van der Waals surface area contributed by atoms with Crippen LogP contribution >= 0.6 is 0 Å². The Bertz CT molecular complexity index is 1210. The predicted molar refractivity (Wildman–Crippen MR) is 141 cm³/mol. The minimum atomic E-state index is -1.64. The summed E-state index contributed by atoms with van der Waals surface area (Å²) in [6.07, 6.45) is -3.97. The average Bonchev–Trinajstić information content (AvgIpc) is 3.03. The van der Waals surface area contributed by atoms with E-state index in [1.165, 1.54) is 27.7 Å². The number of carbonyl (C=O) groups excluding carboxylic acids is 5. The fraction of sp³-hybridized carbons (Fsp3) is 0.633. The van der Waals surface area contributed by atoms with Gasteiger partial charge >= 0.3 is 29.8 Å². The maximum atomic E-state index is 13.5. The summed E-state index contributed by atoms with van der Waals surface area (Å²) < 4.78 is 36.4. The van der Waals surface area contributed by atoms with E-state index in [0.717, 1.165) is 0 Å². The minimum Gasteiger partial charge on any atom is -0.465 e. The van der Waals surface area contributed by atoms with Gasteiger partial charge in [0.05, 0.1) is 11.2 Å². The predicted octanol–water partition coefficient (Wildman–Crippen LogP) is 3.16. The summed E-state index contributed by atoms with van der Waals surface area (Å²) in [7, 11) is 0. The van der Waals surface area contributed by atoms with Crippen molar-refractivity contribution in [2.24, 2.45) is 17.3 Å². The molecule has 41 heavy (non-hydrogen) atoms. The number of esters is 5. The van der Waals surface area contributed by atoms with E-state index in [9.17, 15) is 24.0 Å². The van der Waals surface area contributed by atoms with Gasteiger partial charge in [-0.05, 0) is 44.7 Å². The van der Waals surface area contributed by atoms with Gasteiger partial charge in [0, 0.05) is 33.6 Å². The lowest BCUT2D eigenvalue weighted by Gasteiger charge is -2.63. The highest BCUT2D eigenvalue weighted by atomic mass is 16.6. The molecular formula is C30H38O11. The maximum Gasteiger partial charge on any atom is 0.338 e. The number of benzene rings is 1. The zero-order valence-electron chi connectivity index (χ0n) is 24.5. The molecule has 0 N–H and O–H groups in total. The van der Waals surface area contributed by atoms with Crippen LogP contribution < -0.4 is 0 Å². The Morgan fingerprint density at radius 1 is 0.805 bits per heavy atom. The van der Waals surface area contributed by atoms with E-state index in [1.807, 2.05) is 20.8 Å². The second-order valence-corrected chi connectivity index (χ2v) is 11.8. The van der Waals surface area contributed by atoms with Crippen LogP contribution in [-0.2, 0) is 47.6 Å². The molecule has 0 aromatic heterocycles. The van der Waals surface area contributed by atoms with E-state index in [0.29, 0.717) is 0 Å². The van der Waals surface area contributed by atoms with Gasteiger partial charge < -0.3 is 28.4 Å². The van der Waals surface area contributed by atoms with E-state index in [4.69, 9.17) is 28.4 Å². The SMILES string of the molecule is CC(=O)OC[C@]12[C@H](OC(=O)c3ccccc3)C[C@@H]3[C@H](OC(C)=O)[C@]1(OC3(C)C)[C@@H](C)C[C@H](OC(C)=O)[C@@H]2OC(C)=O. The third-order valence-electron chi connectivity index (χ3n) is 8.72. The second-order valence-electron chi connectivity index (χ2n) is 11.8. The Hall–Kier alpha value is -3.47. The number of carbonyl (C=O) groups is 5. The Kier molecular flexibility index (Phi) is 8.23. The van der Waals surface area contributed by atoms with Gasteiger partial charge in [0.25, 0.3) is 0 Å². The molecule has 1 heterocycles. The number of fused-ring (bicyclic) bond motifs is 1. The second kappa shape index (κ2) is 11.1. The van der Waals surface area contributed by atoms with E-state index in [1.54, 1.807) is 30.3 Å². The average molecular weight is 575 g/mol. The van der Waals surface area contributed by atoms with Gasteiger partial charge in [0.2, 0.25) is 0 Å². The number of ether oxygens (including phenoxy) is 6. The molecule has 224 valence electrons. The molecule has 1 aromatic carbocycles. The van der Waals surface area contributed by atoms with E-state index in [-0.39, 0.29) is 18.4 Å². The molecule has 1 spiro atoms. The van der Waals surface area contributed by atoms with Gasteiger partial charge in [-0.2, -0.15) is 0 Å². The molecule has 0 unspecified atom stereocenters. The van der Waals surface area contributed by atoms with Crippen LogP contribution in [0, 0.1) is 17.3 Å². The van der Waals surface area contributed by atoms with Crippen LogP contribution in [0.5, 0.6) is 0 Å². The summed E-state index contributed by atoms with van der Waals surface area (Å²) in [5.74, 6) is -4.13. The van der Waals surface area contributed by atoms with Crippen molar-refractivity contribution in [2.45, 2.75) is 96.9 Å². The monoisotopic (exact) mass is 574 g/mol. The van der Waals surface area contributed by atoms with Crippen molar-refractivity contribution in [3.63, 3.8) is 0 Å². The van der Waals surface area contributed by atoms with Crippen molar-refractivity contribution in [1.29, 1.82) is 0 Å². The van der Waals surface area contributed by atoms with Crippen LogP contribution in [0.4, 0.5) is 0 Å². The summed E-state index contributed by atoms with van der Waals surface area (Å²) in [4.78, 5) is 63.2. The first-order valence-electron chi connectivity index (χ1n) is 13.8. The van der Waals surface area contributed by atoms with Crippen molar-refractivity contribution >= 4 is 29.8 Å². The number of rotatable bonds is 7. The molecule has 3 aliphatic rings. The molecule has 8 atom stereocenters. The molecule has 4 rings (SSSR count). The molecule has 11 heteroatoms. The summed E-state index contributed by atoms with van der Waals surface area (Å²) in [6.45, 7) is 10.1. The highest BCUT2D eigenvalue weighted by molar-refractivity contribution is 5.89. The maximum absolute atomic E-state index is 13.5. The van der Waals surface area contributed by atoms with Crippen LogP contribution in [0.1, 0.15) is 71.7 Å². The largest absolute Gasteiger partial charge is 0.465 e. The molecule has 1 aromatic rings. The minimum absolute atomic E-state index is 0.115. The van der Waals surface area contributed by atoms with E-state index in [2.05, 4.69) is 0 Å². The first-order valence-corrected chi connectivity index (χ1v) is 13.8. The summed E-state index contributed by atoms with van der Waals surface area (Å²) in [6, 6.07) is 8.36. The summed E-state index contributed by atoms with van der Waals surface area (Å²) in [5, 5.41) is 0. The fourth-order valence-electron chi connectivity index (χ4n) is 7.38. The molecular weight excluding hydrogens is 536 g/mol. The standard InChI is InChI=1S/C30H38O11/c1-16-13-23(37-18(3)32)26(39-20(5)34)29(15-36-17(2)31)24(40-27(35)21-11-9-8-10-12-21)14-22-25(38-19(4)33)30(16,29)41-28(22,6)7/h8-12,16,22-26H,13-15H2,1-7H3/t16-,22+,23-,24+,25-,26-,29+,30+/m0/s1. The fourth-order valence-corrected chi connectivity index (χ4v) is 7.38. The molecule has 1 saturated heterocycles. The van der Waals surface area contributed by atoms with Crippen LogP contribution in [0.3, 0.4) is 0 Å². The van der Waals surface area contributed by atoms with Crippen LogP contribution in [0.15, 0.2) is 30.3 Å². The molecule has 3 fully saturated rings. The molecule has 0 radical (unpaired) electrons. The first-order chi connectivity index (χ1) is 19.2. The molecule has 11 nitrogen and oxygen atoms in total. The van der Waals surface area contributed by atoms with Crippen molar-refractivity contribution in [1.82, 2.24) is 0 Å². The van der Waals surface area contributed by atoms with E-state index >= 15 is 0 Å². The Balaban J connectivity index is 2.01. The van der Waals surface area contributed by atoms with Crippen molar-refractivity contribution in [2.75, 3.05) is 6.61 Å². The number of hydrogen-bond acceptors (Lipinski definition) is 11. The lowest BCUT2D eigenvalue weighted by Crippen LogP contribution is -2.78. The first kappa shape index (κ1) is 30.5. The van der Waals surface area contributed by atoms with Gasteiger partial charge in [-0.15, -0.1) is 0 Å². The molecule has 1 aliphatic heterocycles. The van der Waals surface area contributed by atoms with Gasteiger partial charge in [-0.25, -0.2) is 4.79 Å². The zero-order valence-corrected chi connectivity index (χ0v) is 24.5. The van der Waals surface area contributed by atoms with Crippen molar-refractivity contribution in [3.05, 3.63) is 35.9 Å². The lowest BCUT2D eigenvalue weighted by molar-refractivity contribution is -0.319. The molecule has 2 bridgehead atoms. The van der Waals surface area contributed by atoms with Crippen molar-refractivity contribution < 1.29 is 52.4 Å². The van der Waals surface area contributed by atoms with Gasteiger partial charge in [-0.1, -0.05) is 25.1 Å². The summed E-state index contributed by atoms with van der Waals surface area (Å²) in [5.41, 5.74) is -3.74. The topological polar surface area (TPSA) is 141 Å².